The van der Waals surface area contributed by atoms with E-state index in [1.54, 1.807) is 6.92 Å². The Bertz CT molecular complexity index is 622. The first-order valence-electron chi connectivity index (χ1n) is 6.77. The van der Waals surface area contributed by atoms with Crippen LogP contribution in [0.25, 0.3) is 10.9 Å². The lowest BCUT2D eigenvalue weighted by atomic mass is 10.0. The highest BCUT2D eigenvalue weighted by Gasteiger charge is 2.19. The molecule has 3 rings (SSSR count). The van der Waals surface area contributed by atoms with Gasteiger partial charge in [-0.2, -0.15) is 0 Å². The first-order valence-corrected chi connectivity index (χ1v) is 6.77. The molecule has 0 spiro atoms. The third-order valence-corrected chi connectivity index (χ3v) is 4.11. The molecule has 0 saturated carbocycles. The second-order valence-electron chi connectivity index (χ2n) is 5.33. The van der Waals surface area contributed by atoms with E-state index in [0.29, 0.717) is 6.42 Å². The number of hydrogen-bond acceptors (Lipinski definition) is 1. The summed E-state index contributed by atoms with van der Waals surface area (Å²) in [5.41, 5.74) is 5.62. The fourth-order valence-electron chi connectivity index (χ4n) is 3.20. The fraction of sp³-hybridized carbons (Fsp3) is 0.438. The van der Waals surface area contributed by atoms with Crippen molar-refractivity contribution in [2.24, 2.45) is 0 Å². The average molecular weight is 241 g/mol. The summed E-state index contributed by atoms with van der Waals surface area (Å²) >= 11 is 0. The molecular weight excluding hydrogens is 222 g/mol. The van der Waals surface area contributed by atoms with Crippen LogP contribution < -0.4 is 0 Å². The van der Waals surface area contributed by atoms with Crippen molar-refractivity contribution in [3.63, 3.8) is 0 Å². The van der Waals surface area contributed by atoms with Gasteiger partial charge < -0.3 is 9.36 Å². The molecule has 0 aliphatic carbocycles. The van der Waals surface area contributed by atoms with Crippen LogP contribution in [0, 0.1) is 6.92 Å². The molecule has 0 atom stereocenters. The molecule has 0 radical (unpaired) electrons. The summed E-state index contributed by atoms with van der Waals surface area (Å²) in [7, 11) is 0. The van der Waals surface area contributed by atoms with E-state index in [1.165, 1.54) is 40.6 Å². The Labute approximate surface area is 108 Å². The number of benzene rings is 1. The van der Waals surface area contributed by atoms with Crippen molar-refractivity contribution in [1.29, 1.82) is 0 Å². The van der Waals surface area contributed by atoms with Gasteiger partial charge in [-0.25, -0.2) is 0 Å². The van der Waals surface area contributed by atoms with Gasteiger partial charge in [0.15, 0.2) is 0 Å². The quantitative estimate of drug-likeness (QED) is 0.807. The van der Waals surface area contributed by atoms with E-state index in [2.05, 4.69) is 29.7 Å². The van der Waals surface area contributed by atoms with Gasteiger partial charge in [0.2, 0.25) is 0 Å². The highest BCUT2D eigenvalue weighted by atomic mass is 16.1. The Morgan fingerprint density at radius 3 is 3.00 bits per heavy atom. The number of rotatable bonds is 3. The molecule has 2 aromatic rings. The molecule has 2 nitrogen and oxygen atoms in total. The van der Waals surface area contributed by atoms with Crippen molar-refractivity contribution in [2.75, 3.05) is 0 Å². The van der Waals surface area contributed by atoms with Crippen molar-refractivity contribution in [2.45, 2.75) is 46.1 Å². The summed E-state index contributed by atoms with van der Waals surface area (Å²) in [6.07, 6.45) is 3.96. The van der Waals surface area contributed by atoms with E-state index in [9.17, 15) is 4.79 Å². The first-order chi connectivity index (χ1) is 8.68. The summed E-state index contributed by atoms with van der Waals surface area (Å²) < 4.78 is 2.45. The van der Waals surface area contributed by atoms with Gasteiger partial charge in [0.1, 0.15) is 5.78 Å². The van der Waals surface area contributed by atoms with Crippen molar-refractivity contribution < 1.29 is 4.79 Å². The molecule has 0 fully saturated rings. The predicted molar refractivity (Wildman–Crippen MR) is 74.0 cm³/mol. The molecule has 94 valence electrons. The Hall–Kier alpha value is -1.57. The molecule has 18 heavy (non-hydrogen) atoms. The van der Waals surface area contributed by atoms with Crippen LogP contribution >= 0.6 is 0 Å². The largest absolute Gasteiger partial charge is 0.344 e. The molecule has 1 aromatic carbocycles. The van der Waals surface area contributed by atoms with Crippen molar-refractivity contribution in [3.8, 4) is 0 Å². The number of para-hydroxylation sites is 1. The van der Waals surface area contributed by atoms with Crippen molar-refractivity contribution >= 4 is 16.7 Å². The second-order valence-corrected chi connectivity index (χ2v) is 5.33. The van der Waals surface area contributed by atoms with Crippen LogP contribution in [0.3, 0.4) is 0 Å². The van der Waals surface area contributed by atoms with Crippen molar-refractivity contribution in [3.05, 3.63) is 35.0 Å². The minimum atomic E-state index is 0.279. The minimum Gasteiger partial charge on any atom is -0.344 e. The second kappa shape index (κ2) is 4.27. The lowest BCUT2D eigenvalue weighted by molar-refractivity contribution is -0.116. The maximum atomic E-state index is 11.2. The first kappa shape index (κ1) is 11.5. The number of aryl methyl sites for hydroxylation is 3. The van der Waals surface area contributed by atoms with Gasteiger partial charge in [0.05, 0.1) is 5.52 Å². The van der Waals surface area contributed by atoms with E-state index < -0.39 is 0 Å². The van der Waals surface area contributed by atoms with Crippen LogP contribution in [0.2, 0.25) is 0 Å². The summed E-state index contributed by atoms with van der Waals surface area (Å²) in [4.78, 5) is 11.2. The van der Waals surface area contributed by atoms with Crippen LogP contribution in [0.15, 0.2) is 18.2 Å². The molecule has 1 aromatic heterocycles. The lowest BCUT2D eigenvalue weighted by Crippen LogP contribution is -2.08. The molecule has 2 heterocycles. The summed E-state index contributed by atoms with van der Waals surface area (Å²) in [6.45, 7) is 5.00. The molecule has 2 heteroatoms. The van der Waals surface area contributed by atoms with Gasteiger partial charge in [-0.05, 0) is 44.2 Å². The Balaban J connectivity index is 2.17. The normalized spacial score (nSPS) is 14.1. The molecule has 0 bridgehead atoms. The number of carbonyl (C=O) groups excluding carboxylic acids is 1. The van der Waals surface area contributed by atoms with Crippen LogP contribution in [0.5, 0.6) is 0 Å². The minimum absolute atomic E-state index is 0.279. The number of aromatic nitrogens is 1. The van der Waals surface area contributed by atoms with Crippen molar-refractivity contribution in [1.82, 2.24) is 4.57 Å². The van der Waals surface area contributed by atoms with Crippen LogP contribution in [0.1, 0.15) is 36.6 Å². The van der Waals surface area contributed by atoms with E-state index in [-0.39, 0.29) is 5.78 Å². The van der Waals surface area contributed by atoms with Gasteiger partial charge in [-0.15, -0.1) is 0 Å². The van der Waals surface area contributed by atoms with E-state index >= 15 is 0 Å². The fourth-order valence-corrected chi connectivity index (χ4v) is 3.20. The standard InChI is InChI=1S/C16H19NO/c1-11(18)8-9-14-12(2)17-10-4-6-13-5-3-7-15(14)16(13)17/h3,5,7H,4,6,8-10H2,1-2H3. The molecular formula is C16H19NO. The highest BCUT2D eigenvalue weighted by Crippen LogP contribution is 2.33. The third kappa shape index (κ3) is 1.67. The van der Waals surface area contributed by atoms with Gasteiger partial charge in [0, 0.05) is 24.0 Å². The maximum Gasteiger partial charge on any atom is 0.130 e. The Morgan fingerprint density at radius 2 is 2.22 bits per heavy atom. The topological polar surface area (TPSA) is 22.0 Å². The number of Topliss-reactive ketones (excluding diaryl/α,β-unsaturated/α-hetero) is 1. The van der Waals surface area contributed by atoms with Crippen LogP contribution in [0.4, 0.5) is 0 Å². The average Bonchev–Trinajstić information content (AvgIpc) is 2.63. The number of carbonyl (C=O) groups is 1. The zero-order valence-corrected chi connectivity index (χ0v) is 11.1. The van der Waals surface area contributed by atoms with E-state index in [1.807, 2.05) is 0 Å². The van der Waals surface area contributed by atoms with E-state index in [4.69, 9.17) is 0 Å². The summed E-state index contributed by atoms with van der Waals surface area (Å²) in [5.74, 6) is 0.279. The monoisotopic (exact) mass is 241 g/mol. The number of nitrogens with zero attached hydrogens (tertiary/aromatic N) is 1. The molecule has 0 unspecified atom stereocenters. The van der Waals surface area contributed by atoms with Gasteiger partial charge >= 0.3 is 0 Å². The SMILES string of the molecule is CC(=O)CCc1c(C)n2c3c(cccc13)CCC2. The van der Waals surface area contributed by atoms with Crippen LogP contribution in [-0.4, -0.2) is 10.4 Å². The Morgan fingerprint density at radius 1 is 1.39 bits per heavy atom. The zero-order chi connectivity index (χ0) is 12.7. The highest BCUT2D eigenvalue weighted by molar-refractivity contribution is 5.89. The van der Waals surface area contributed by atoms with Gasteiger partial charge in [0.25, 0.3) is 0 Å². The van der Waals surface area contributed by atoms with Gasteiger partial charge in [-0.1, -0.05) is 18.2 Å². The molecule has 0 N–H and O–H groups in total. The maximum absolute atomic E-state index is 11.2. The number of hydrogen-bond donors (Lipinski definition) is 0. The number of ketones is 1. The molecule has 1 aliphatic heterocycles. The lowest BCUT2D eigenvalue weighted by Gasteiger charge is -2.16. The van der Waals surface area contributed by atoms with E-state index in [0.717, 1.165) is 13.0 Å². The van der Waals surface area contributed by atoms with Gasteiger partial charge in [-0.3, -0.25) is 0 Å². The predicted octanol–water partition coefficient (Wildman–Crippen LogP) is 3.42. The summed E-state index contributed by atoms with van der Waals surface area (Å²) in [6, 6.07) is 6.61. The Kier molecular flexibility index (Phi) is 2.73. The smallest absolute Gasteiger partial charge is 0.130 e. The van der Waals surface area contributed by atoms with Crippen LogP contribution in [-0.2, 0) is 24.2 Å². The summed E-state index contributed by atoms with van der Waals surface area (Å²) in [5, 5.41) is 1.37. The molecule has 0 amide bonds. The molecule has 1 aliphatic rings. The zero-order valence-electron chi connectivity index (χ0n) is 11.1. The molecule has 0 saturated heterocycles. The third-order valence-electron chi connectivity index (χ3n) is 4.11.